The summed E-state index contributed by atoms with van der Waals surface area (Å²) >= 11 is 0. The summed E-state index contributed by atoms with van der Waals surface area (Å²) in [7, 11) is 0. The summed E-state index contributed by atoms with van der Waals surface area (Å²) in [6, 6.07) is 0. The number of ether oxygens (including phenoxy) is 1. The number of rotatable bonds is 4. The standard InChI is InChI=1S/C9H16O9.Na/c10-2-4(12)6(14)7-5(13)3(11)1-9(17,18-7)8(15)16;/h3-7,10-14,17H,1-2H2,(H,15,16);/q;+1/p-1/t3-,4+,5+,6+,7+,9-;/m0./s1. The molecule has 106 valence electrons. The molecule has 1 fully saturated rings. The van der Waals surface area contributed by atoms with E-state index in [1.54, 1.807) is 0 Å². The second kappa shape index (κ2) is 7.27. The topological polar surface area (TPSA) is 171 Å². The molecular formula is C9H15NaO9. The third-order valence-corrected chi connectivity index (χ3v) is 2.78. The number of aliphatic hydroxyl groups excluding tert-OH is 5. The Bertz CT molecular complexity index is 314. The van der Waals surface area contributed by atoms with Crippen LogP contribution in [0.25, 0.3) is 0 Å². The normalized spacial score (nSPS) is 38.1. The Balaban J connectivity index is 0.00000324. The summed E-state index contributed by atoms with van der Waals surface area (Å²) in [5.74, 6) is -4.94. The molecule has 19 heavy (non-hydrogen) atoms. The Labute approximate surface area is 130 Å². The van der Waals surface area contributed by atoms with Crippen LogP contribution >= 0.6 is 0 Å². The first-order valence-corrected chi connectivity index (χ1v) is 5.17. The summed E-state index contributed by atoms with van der Waals surface area (Å²) in [6.45, 7) is -0.881. The monoisotopic (exact) mass is 290 g/mol. The van der Waals surface area contributed by atoms with Gasteiger partial charge in [-0.25, -0.2) is 0 Å². The number of aliphatic hydroxyl groups is 6. The zero-order valence-electron chi connectivity index (χ0n) is 10.2. The molecule has 6 atom stereocenters. The summed E-state index contributed by atoms with van der Waals surface area (Å²) < 4.78 is 4.57. The van der Waals surface area contributed by atoms with Crippen molar-refractivity contribution in [1.29, 1.82) is 0 Å². The number of carboxylic acids is 1. The van der Waals surface area contributed by atoms with Crippen LogP contribution < -0.4 is 34.7 Å². The Morgan fingerprint density at radius 2 is 1.95 bits per heavy atom. The van der Waals surface area contributed by atoms with Crippen molar-refractivity contribution in [2.45, 2.75) is 42.7 Å². The van der Waals surface area contributed by atoms with Crippen LogP contribution in [-0.2, 0) is 9.53 Å². The predicted octanol–water partition coefficient (Wildman–Crippen LogP) is -8.35. The van der Waals surface area contributed by atoms with Gasteiger partial charge in [-0.05, 0) is 0 Å². The van der Waals surface area contributed by atoms with E-state index in [1.165, 1.54) is 0 Å². The van der Waals surface area contributed by atoms with E-state index in [1.807, 2.05) is 0 Å². The first-order valence-electron chi connectivity index (χ1n) is 5.17. The van der Waals surface area contributed by atoms with Gasteiger partial charge in [0.25, 0.3) is 0 Å². The van der Waals surface area contributed by atoms with Crippen molar-refractivity contribution < 1.29 is 74.8 Å². The zero-order valence-corrected chi connectivity index (χ0v) is 12.2. The molecule has 10 heteroatoms. The molecule has 0 aromatic heterocycles. The van der Waals surface area contributed by atoms with Gasteiger partial charge in [-0.15, -0.1) is 0 Å². The molecule has 0 bridgehead atoms. The molecule has 0 aromatic rings. The Hall–Kier alpha value is 0.190. The molecule has 0 spiro atoms. The molecule has 0 aromatic carbocycles. The molecule has 0 unspecified atom stereocenters. The van der Waals surface area contributed by atoms with Crippen LogP contribution in [0, 0.1) is 0 Å². The number of hydrogen-bond donors (Lipinski definition) is 6. The number of carboxylic acid groups (broad SMARTS) is 1. The SMILES string of the molecule is O=C([O-])[C@]1(O)C[C@H](O)[C@@H](O)[C@H]([C@H](O)[C@H](O)CO)O1.[Na+]. The van der Waals surface area contributed by atoms with E-state index < -0.39 is 55.3 Å². The predicted molar refractivity (Wildman–Crippen MR) is 50.6 cm³/mol. The van der Waals surface area contributed by atoms with Crippen LogP contribution in [0.15, 0.2) is 0 Å². The third-order valence-electron chi connectivity index (χ3n) is 2.78. The molecule has 1 aliphatic heterocycles. The van der Waals surface area contributed by atoms with Crippen LogP contribution in [0.3, 0.4) is 0 Å². The number of aliphatic carboxylic acids is 1. The summed E-state index contributed by atoms with van der Waals surface area (Å²) in [6.07, 6.45) is -9.71. The van der Waals surface area contributed by atoms with Gasteiger partial charge in [0.15, 0.2) is 0 Å². The second-order valence-corrected chi connectivity index (χ2v) is 4.16. The Morgan fingerprint density at radius 1 is 1.42 bits per heavy atom. The molecule has 0 aliphatic carbocycles. The smallest absolute Gasteiger partial charge is 0.544 e. The quantitative estimate of drug-likeness (QED) is 0.275. The maximum atomic E-state index is 10.7. The van der Waals surface area contributed by atoms with Gasteiger partial charge in [-0.1, -0.05) is 0 Å². The van der Waals surface area contributed by atoms with E-state index in [0.29, 0.717) is 0 Å². The third kappa shape index (κ3) is 4.08. The molecular weight excluding hydrogens is 275 g/mol. The van der Waals surface area contributed by atoms with E-state index in [4.69, 9.17) is 5.11 Å². The summed E-state index contributed by atoms with van der Waals surface area (Å²) in [5.41, 5.74) is 0. The average molecular weight is 290 g/mol. The summed E-state index contributed by atoms with van der Waals surface area (Å²) in [5, 5.41) is 66.4. The van der Waals surface area contributed by atoms with Crippen LogP contribution in [0.4, 0.5) is 0 Å². The number of carbonyl (C=O) groups is 1. The van der Waals surface area contributed by atoms with Gasteiger partial charge in [0, 0.05) is 6.42 Å². The van der Waals surface area contributed by atoms with Gasteiger partial charge in [0.2, 0.25) is 5.79 Å². The molecule has 9 nitrogen and oxygen atoms in total. The molecule has 1 saturated heterocycles. The average Bonchev–Trinajstić information content (AvgIpc) is 2.31. The van der Waals surface area contributed by atoms with Crippen molar-refractivity contribution in [3.05, 3.63) is 0 Å². The Kier molecular flexibility index (Phi) is 7.34. The molecule has 1 rings (SSSR count). The van der Waals surface area contributed by atoms with E-state index in [9.17, 15) is 35.4 Å². The van der Waals surface area contributed by atoms with Gasteiger partial charge in [-0.3, -0.25) is 0 Å². The van der Waals surface area contributed by atoms with Gasteiger partial charge in [0.05, 0.1) is 12.7 Å². The van der Waals surface area contributed by atoms with Crippen molar-refractivity contribution in [2.24, 2.45) is 0 Å². The van der Waals surface area contributed by atoms with Crippen LogP contribution in [-0.4, -0.2) is 79.5 Å². The van der Waals surface area contributed by atoms with Crippen LogP contribution in [0.1, 0.15) is 6.42 Å². The van der Waals surface area contributed by atoms with E-state index in [2.05, 4.69) is 4.74 Å². The maximum Gasteiger partial charge on any atom is 1.00 e. The fourth-order valence-corrected chi connectivity index (χ4v) is 1.70. The molecule has 1 heterocycles. The molecule has 1 aliphatic rings. The molecule has 0 saturated carbocycles. The molecule has 6 N–H and O–H groups in total. The minimum Gasteiger partial charge on any atom is -0.544 e. The van der Waals surface area contributed by atoms with Gasteiger partial charge < -0.3 is 45.3 Å². The first kappa shape index (κ1) is 19.2. The fourth-order valence-electron chi connectivity index (χ4n) is 1.70. The van der Waals surface area contributed by atoms with E-state index >= 15 is 0 Å². The summed E-state index contributed by atoms with van der Waals surface area (Å²) in [4.78, 5) is 10.7. The fraction of sp³-hybridized carbons (Fsp3) is 0.889. The molecule has 0 radical (unpaired) electrons. The van der Waals surface area contributed by atoms with E-state index in [-0.39, 0.29) is 29.6 Å². The van der Waals surface area contributed by atoms with Crippen molar-refractivity contribution in [1.82, 2.24) is 0 Å². The van der Waals surface area contributed by atoms with Crippen LogP contribution in [0.5, 0.6) is 0 Å². The van der Waals surface area contributed by atoms with Crippen LogP contribution in [0.2, 0.25) is 0 Å². The maximum absolute atomic E-state index is 10.7. The van der Waals surface area contributed by atoms with Crippen molar-refractivity contribution >= 4 is 5.97 Å². The Morgan fingerprint density at radius 3 is 2.37 bits per heavy atom. The van der Waals surface area contributed by atoms with Gasteiger partial charge in [0.1, 0.15) is 30.4 Å². The van der Waals surface area contributed by atoms with Crippen molar-refractivity contribution in [2.75, 3.05) is 6.61 Å². The van der Waals surface area contributed by atoms with Crippen molar-refractivity contribution in [3.8, 4) is 0 Å². The van der Waals surface area contributed by atoms with Gasteiger partial charge >= 0.3 is 29.6 Å². The molecule has 0 amide bonds. The number of carbonyl (C=O) groups excluding carboxylic acids is 1. The largest absolute Gasteiger partial charge is 1.00 e. The van der Waals surface area contributed by atoms with Crippen molar-refractivity contribution in [3.63, 3.8) is 0 Å². The number of hydrogen-bond acceptors (Lipinski definition) is 9. The van der Waals surface area contributed by atoms with E-state index in [0.717, 1.165) is 0 Å². The zero-order chi connectivity index (χ0) is 14.1. The first-order chi connectivity index (χ1) is 8.23. The van der Waals surface area contributed by atoms with Gasteiger partial charge in [-0.2, -0.15) is 0 Å². The minimum absolute atomic E-state index is 0. The second-order valence-electron chi connectivity index (χ2n) is 4.16. The minimum atomic E-state index is -2.89.